The number of phenols is 1. The van der Waals surface area contributed by atoms with E-state index >= 15 is 0 Å². The number of amides is 2. The Kier molecular flexibility index (Phi) is 9.99. The number of halogens is 1. The van der Waals surface area contributed by atoms with E-state index in [-0.39, 0.29) is 67.8 Å². The number of hydrogen-bond acceptors (Lipinski definition) is 8. The van der Waals surface area contributed by atoms with Gasteiger partial charge in [0.05, 0.1) is 23.9 Å². The van der Waals surface area contributed by atoms with E-state index in [1.807, 2.05) is 0 Å². The summed E-state index contributed by atoms with van der Waals surface area (Å²) in [5.41, 5.74) is 1.43. The molecule has 4 aromatic rings. The summed E-state index contributed by atoms with van der Waals surface area (Å²) in [5, 5.41) is 14.2. The normalized spacial score (nSPS) is 13.7. The molecule has 0 spiro atoms. The van der Waals surface area contributed by atoms with E-state index in [9.17, 15) is 28.4 Å². The Hall–Kier alpha value is -4.80. The highest BCUT2D eigenvalue weighted by Gasteiger charge is 2.37. The SMILES string of the molecule is CCOC(=O)CNP(=O)(CCCN(C)C(=O)c1c2c(c(O)c3ncccc13)C(=O)N(Cc1ccc(F)cc1)C2)Oc1ccccc1. The number of pyridine rings is 1. The van der Waals surface area contributed by atoms with Crippen molar-refractivity contribution >= 4 is 36.2 Å². The number of nitrogens with one attached hydrogen (secondary N) is 1. The number of carbonyl (C=O) groups excluding carboxylic acids is 3. The highest BCUT2D eigenvalue weighted by molar-refractivity contribution is 7.57. The van der Waals surface area contributed by atoms with E-state index in [1.165, 1.54) is 28.1 Å². The number of aromatic nitrogens is 1. The van der Waals surface area contributed by atoms with Gasteiger partial charge in [0, 0.05) is 43.8 Å². The molecule has 0 bridgehead atoms. The second kappa shape index (κ2) is 14.1. The summed E-state index contributed by atoms with van der Waals surface area (Å²) in [4.78, 5) is 46.7. The lowest BCUT2D eigenvalue weighted by molar-refractivity contribution is -0.141. The van der Waals surface area contributed by atoms with Crippen molar-refractivity contribution in [2.75, 3.05) is 32.9 Å². The van der Waals surface area contributed by atoms with Crippen molar-refractivity contribution < 1.29 is 37.7 Å². The van der Waals surface area contributed by atoms with Gasteiger partial charge in [-0.1, -0.05) is 36.4 Å². The number of esters is 1. The first-order valence-electron chi connectivity index (χ1n) is 14.8. The topological polar surface area (TPSA) is 138 Å². The predicted molar refractivity (Wildman–Crippen MR) is 169 cm³/mol. The van der Waals surface area contributed by atoms with Gasteiger partial charge in [-0.25, -0.2) is 9.48 Å². The average Bonchev–Trinajstić information content (AvgIpc) is 3.37. The Bertz CT molecular complexity index is 1800. The number of rotatable bonds is 13. The summed E-state index contributed by atoms with van der Waals surface area (Å²) in [6.07, 6.45) is 1.71. The Morgan fingerprint density at radius 2 is 1.85 bits per heavy atom. The molecule has 1 atom stereocenters. The van der Waals surface area contributed by atoms with Crippen LogP contribution in [0.25, 0.3) is 10.9 Å². The number of ether oxygens (including phenoxy) is 1. The number of hydrogen-bond donors (Lipinski definition) is 2. The molecular weight excluding hydrogens is 614 g/mol. The molecule has 0 saturated carbocycles. The van der Waals surface area contributed by atoms with Crippen molar-refractivity contribution in [1.82, 2.24) is 19.9 Å². The molecule has 3 aromatic carbocycles. The molecule has 1 aliphatic heterocycles. The zero-order valence-electron chi connectivity index (χ0n) is 25.4. The van der Waals surface area contributed by atoms with Crippen LogP contribution in [0.3, 0.4) is 0 Å². The summed E-state index contributed by atoms with van der Waals surface area (Å²) in [5.74, 6) is -1.79. The first-order valence-corrected chi connectivity index (χ1v) is 16.6. The van der Waals surface area contributed by atoms with Gasteiger partial charge in [0.15, 0.2) is 5.75 Å². The highest BCUT2D eigenvalue weighted by atomic mass is 31.2. The zero-order valence-corrected chi connectivity index (χ0v) is 26.3. The molecule has 1 aromatic heterocycles. The first kappa shape index (κ1) is 32.6. The molecular formula is C33H34FN4O7P. The number of fused-ring (bicyclic) bond motifs is 2. The largest absolute Gasteiger partial charge is 0.505 e. The number of phenolic OH excluding ortho intramolecular Hbond substituents is 1. The third-order valence-corrected chi connectivity index (χ3v) is 9.60. The van der Waals surface area contributed by atoms with Crippen LogP contribution in [0.15, 0.2) is 72.9 Å². The smallest absolute Gasteiger partial charge is 0.320 e. The van der Waals surface area contributed by atoms with Crippen molar-refractivity contribution in [3.63, 3.8) is 0 Å². The lowest BCUT2D eigenvalue weighted by atomic mass is 9.95. The molecule has 2 amide bonds. The molecule has 0 radical (unpaired) electrons. The van der Waals surface area contributed by atoms with Gasteiger partial charge in [-0.05, 0) is 49.2 Å². The third kappa shape index (κ3) is 7.19. The van der Waals surface area contributed by atoms with E-state index < -0.39 is 31.1 Å². The Morgan fingerprint density at radius 3 is 2.57 bits per heavy atom. The molecule has 13 heteroatoms. The van der Waals surface area contributed by atoms with Gasteiger partial charge in [-0.3, -0.25) is 23.9 Å². The van der Waals surface area contributed by atoms with Gasteiger partial charge in [0.25, 0.3) is 11.8 Å². The molecule has 46 heavy (non-hydrogen) atoms. The molecule has 11 nitrogen and oxygen atoms in total. The molecule has 240 valence electrons. The Labute approximate surface area is 265 Å². The Balaban J connectivity index is 1.36. The molecule has 5 rings (SSSR count). The van der Waals surface area contributed by atoms with Crippen LogP contribution in [-0.4, -0.2) is 70.6 Å². The number of benzene rings is 3. The quantitative estimate of drug-likeness (QED) is 0.149. The molecule has 0 aliphatic carbocycles. The maximum absolute atomic E-state index is 14.0. The van der Waals surface area contributed by atoms with Crippen molar-refractivity contribution in [3.8, 4) is 11.5 Å². The summed E-state index contributed by atoms with van der Waals surface area (Å²) >= 11 is 0. The standard InChI is InChI=1S/C33H34FN4O7P/c1-3-44-27(39)19-36-46(43,45-24-9-5-4-6-10-24)18-8-17-37(2)32(41)28-25-11-7-16-35-30(25)31(40)29-26(28)21-38(33(29)42)20-22-12-14-23(34)15-13-22/h4-7,9-16,40H,3,8,17-21H2,1-2H3,(H,36,43). The third-order valence-electron chi connectivity index (χ3n) is 7.55. The van der Waals surface area contributed by atoms with E-state index in [0.717, 1.165) is 0 Å². The zero-order chi connectivity index (χ0) is 32.8. The summed E-state index contributed by atoms with van der Waals surface area (Å²) in [6.45, 7) is 1.90. The van der Waals surface area contributed by atoms with E-state index in [2.05, 4.69) is 10.1 Å². The molecule has 1 aliphatic rings. The van der Waals surface area contributed by atoms with Gasteiger partial charge < -0.3 is 24.2 Å². The Morgan fingerprint density at radius 1 is 1.11 bits per heavy atom. The van der Waals surface area contributed by atoms with Crippen LogP contribution >= 0.6 is 7.52 Å². The lowest BCUT2D eigenvalue weighted by Gasteiger charge is -2.23. The highest BCUT2D eigenvalue weighted by Crippen LogP contribution is 2.44. The molecule has 0 fully saturated rings. The fourth-order valence-corrected chi connectivity index (χ4v) is 7.05. The van der Waals surface area contributed by atoms with E-state index in [4.69, 9.17) is 9.26 Å². The number of nitrogens with zero attached hydrogens (tertiary/aromatic N) is 3. The van der Waals surface area contributed by atoms with Crippen LogP contribution in [-0.2, 0) is 27.2 Å². The summed E-state index contributed by atoms with van der Waals surface area (Å²) < 4.78 is 38.0. The van der Waals surface area contributed by atoms with Gasteiger partial charge in [-0.15, -0.1) is 0 Å². The predicted octanol–water partition coefficient (Wildman–Crippen LogP) is 5.12. The van der Waals surface area contributed by atoms with Crippen LogP contribution in [0.4, 0.5) is 4.39 Å². The van der Waals surface area contributed by atoms with Crippen LogP contribution in [0.1, 0.15) is 45.2 Å². The van der Waals surface area contributed by atoms with Gasteiger partial charge in [0.1, 0.15) is 23.6 Å². The van der Waals surface area contributed by atoms with Gasteiger partial charge in [-0.2, -0.15) is 0 Å². The summed E-state index contributed by atoms with van der Waals surface area (Å²) in [7, 11) is -2.01. The minimum atomic E-state index is -3.60. The van der Waals surface area contributed by atoms with Crippen LogP contribution in [0, 0.1) is 5.82 Å². The lowest BCUT2D eigenvalue weighted by Crippen LogP contribution is -2.31. The monoisotopic (exact) mass is 648 g/mol. The molecule has 1 unspecified atom stereocenters. The maximum atomic E-state index is 14.0. The molecule has 2 N–H and O–H groups in total. The maximum Gasteiger partial charge on any atom is 0.320 e. The first-order chi connectivity index (χ1) is 22.1. The minimum absolute atomic E-state index is 0.00115. The van der Waals surface area contributed by atoms with Crippen LogP contribution < -0.4 is 9.61 Å². The summed E-state index contributed by atoms with van der Waals surface area (Å²) in [6, 6.07) is 17.6. The fourth-order valence-electron chi connectivity index (χ4n) is 5.35. The molecule has 2 heterocycles. The van der Waals surface area contributed by atoms with Crippen molar-refractivity contribution in [2.24, 2.45) is 0 Å². The number of aromatic hydroxyl groups is 1. The second-order valence-electron chi connectivity index (χ2n) is 10.8. The number of para-hydroxylation sites is 1. The van der Waals surface area contributed by atoms with Crippen LogP contribution in [0.2, 0.25) is 0 Å². The molecule has 0 saturated heterocycles. The van der Waals surface area contributed by atoms with Gasteiger partial charge >= 0.3 is 13.5 Å². The fraction of sp³-hybridized carbons (Fsp3) is 0.273. The van der Waals surface area contributed by atoms with E-state index in [0.29, 0.717) is 22.3 Å². The minimum Gasteiger partial charge on any atom is -0.505 e. The second-order valence-corrected chi connectivity index (χ2v) is 13.1. The van der Waals surface area contributed by atoms with Crippen molar-refractivity contribution in [2.45, 2.75) is 26.4 Å². The number of carbonyl (C=O) groups is 3. The van der Waals surface area contributed by atoms with Gasteiger partial charge in [0.2, 0.25) is 0 Å². The average molecular weight is 649 g/mol. The van der Waals surface area contributed by atoms with Crippen molar-refractivity contribution in [3.05, 3.63) is 101 Å². The van der Waals surface area contributed by atoms with E-state index in [1.54, 1.807) is 68.6 Å². The van der Waals surface area contributed by atoms with Crippen LogP contribution in [0.5, 0.6) is 11.5 Å². The van der Waals surface area contributed by atoms with Crippen molar-refractivity contribution in [1.29, 1.82) is 0 Å².